The van der Waals surface area contributed by atoms with Gasteiger partial charge < -0.3 is 15.0 Å². The van der Waals surface area contributed by atoms with Gasteiger partial charge >= 0.3 is 0 Å². The van der Waals surface area contributed by atoms with E-state index in [2.05, 4.69) is 41.4 Å². The molecule has 22 heavy (non-hydrogen) atoms. The summed E-state index contributed by atoms with van der Waals surface area (Å²) in [4.78, 5) is 14.1. The number of nitrogens with one attached hydrogen (secondary N) is 1. The van der Waals surface area contributed by atoms with Gasteiger partial charge in [-0.15, -0.1) is 0 Å². The SMILES string of the molecule is CCCCCNC(=O)CCc1ccc(N2CCOCC2)cc1. The number of carbonyl (C=O) groups excluding carboxylic acids is 1. The van der Waals surface area contributed by atoms with Gasteiger partial charge in [0, 0.05) is 31.7 Å². The minimum atomic E-state index is 0.161. The maximum atomic E-state index is 11.8. The minimum Gasteiger partial charge on any atom is -0.378 e. The number of ether oxygens (including phenoxy) is 1. The van der Waals surface area contributed by atoms with E-state index in [1.165, 1.54) is 24.1 Å². The Morgan fingerprint density at radius 3 is 2.59 bits per heavy atom. The molecule has 0 aromatic heterocycles. The van der Waals surface area contributed by atoms with Gasteiger partial charge in [-0.3, -0.25) is 4.79 Å². The van der Waals surface area contributed by atoms with Gasteiger partial charge in [0.25, 0.3) is 0 Å². The smallest absolute Gasteiger partial charge is 0.220 e. The summed E-state index contributed by atoms with van der Waals surface area (Å²) in [5, 5.41) is 2.99. The molecule has 1 saturated heterocycles. The first kappa shape index (κ1) is 16.8. The molecule has 1 amide bonds. The zero-order valence-corrected chi connectivity index (χ0v) is 13.6. The van der Waals surface area contributed by atoms with Crippen molar-refractivity contribution in [2.24, 2.45) is 0 Å². The van der Waals surface area contributed by atoms with E-state index in [0.717, 1.165) is 45.7 Å². The van der Waals surface area contributed by atoms with Crippen LogP contribution >= 0.6 is 0 Å². The van der Waals surface area contributed by atoms with Gasteiger partial charge in [-0.25, -0.2) is 0 Å². The van der Waals surface area contributed by atoms with E-state index < -0.39 is 0 Å². The molecule has 122 valence electrons. The summed E-state index contributed by atoms with van der Waals surface area (Å²) in [5.74, 6) is 0.161. The number of unbranched alkanes of at least 4 members (excludes halogenated alkanes) is 2. The summed E-state index contributed by atoms with van der Waals surface area (Å²) in [6, 6.07) is 8.57. The summed E-state index contributed by atoms with van der Waals surface area (Å²) in [6.45, 7) is 6.50. The summed E-state index contributed by atoms with van der Waals surface area (Å²) >= 11 is 0. The molecule has 0 radical (unpaired) electrons. The van der Waals surface area contributed by atoms with E-state index in [1.807, 2.05) is 0 Å². The number of hydrogen-bond donors (Lipinski definition) is 1. The molecule has 0 saturated carbocycles. The first-order chi connectivity index (χ1) is 10.8. The second-order valence-corrected chi connectivity index (χ2v) is 5.82. The molecule has 1 aliphatic heterocycles. The molecular formula is C18H28N2O2. The highest BCUT2D eigenvalue weighted by Crippen LogP contribution is 2.17. The van der Waals surface area contributed by atoms with Crippen molar-refractivity contribution < 1.29 is 9.53 Å². The number of carbonyl (C=O) groups is 1. The Morgan fingerprint density at radius 2 is 1.91 bits per heavy atom. The van der Waals surface area contributed by atoms with Gasteiger partial charge in [-0.05, 0) is 30.5 Å². The van der Waals surface area contributed by atoms with Crippen LogP contribution in [-0.4, -0.2) is 38.8 Å². The fraction of sp³-hybridized carbons (Fsp3) is 0.611. The molecule has 1 fully saturated rings. The number of amides is 1. The minimum absolute atomic E-state index is 0.161. The van der Waals surface area contributed by atoms with Crippen LogP contribution in [-0.2, 0) is 16.0 Å². The van der Waals surface area contributed by atoms with Gasteiger partial charge in [0.15, 0.2) is 0 Å². The number of morpholine rings is 1. The van der Waals surface area contributed by atoms with Crippen LogP contribution in [0.2, 0.25) is 0 Å². The molecule has 4 nitrogen and oxygen atoms in total. The number of rotatable bonds is 8. The molecule has 1 N–H and O–H groups in total. The highest BCUT2D eigenvalue weighted by atomic mass is 16.5. The second kappa shape index (κ2) is 9.46. The fourth-order valence-corrected chi connectivity index (χ4v) is 2.64. The molecule has 1 heterocycles. The maximum absolute atomic E-state index is 11.8. The fourth-order valence-electron chi connectivity index (χ4n) is 2.64. The van der Waals surface area contributed by atoms with Crippen molar-refractivity contribution in [3.8, 4) is 0 Å². The van der Waals surface area contributed by atoms with Crippen molar-refractivity contribution in [1.82, 2.24) is 5.32 Å². The normalized spacial score (nSPS) is 14.9. The van der Waals surface area contributed by atoms with Gasteiger partial charge in [0.2, 0.25) is 5.91 Å². The first-order valence-corrected chi connectivity index (χ1v) is 8.48. The van der Waals surface area contributed by atoms with Crippen LogP contribution in [0.25, 0.3) is 0 Å². The highest BCUT2D eigenvalue weighted by molar-refractivity contribution is 5.76. The lowest BCUT2D eigenvalue weighted by atomic mass is 10.1. The summed E-state index contributed by atoms with van der Waals surface area (Å²) < 4.78 is 5.37. The van der Waals surface area contributed by atoms with Crippen LogP contribution in [0.3, 0.4) is 0 Å². The average molecular weight is 304 g/mol. The molecule has 0 aliphatic carbocycles. The van der Waals surface area contributed by atoms with Crippen molar-refractivity contribution in [1.29, 1.82) is 0 Å². The topological polar surface area (TPSA) is 41.6 Å². The predicted molar refractivity (Wildman–Crippen MR) is 90.3 cm³/mol. The number of hydrogen-bond acceptors (Lipinski definition) is 3. The standard InChI is InChI=1S/C18H28N2O2/c1-2-3-4-11-19-18(21)10-7-16-5-8-17(9-6-16)20-12-14-22-15-13-20/h5-6,8-9H,2-4,7,10-15H2,1H3,(H,19,21). The van der Waals surface area contributed by atoms with E-state index >= 15 is 0 Å². The van der Waals surface area contributed by atoms with Crippen LogP contribution in [0, 0.1) is 0 Å². The van der Waals surface area contributed by atoms with Crippen molar-refractivity contribution in [2.45, 2.75) is 39.0 Å². The number of nitrogens with zero attached hydrogens (tertiary/aromatic N) is 1. The van der Waals surface area contributed by atoms with Crippen LogP contribution in [0.1, 0.15) is 38.2 Å². The lowest BCUT2D eigenvalue weighted by Crippen LogP contribution is -2.36. The van der Waals surface area contributed by atoms with E-state index in [9.17, 15) is 4.79 Å². The van der Waals surface area contributed by atoms with Gasteiger partial charge in [0.1, 0.15) is 0 Å². The Kier molecular flexibility index (Phi) is 7.23. The maximum Gasteiger partial charge on any atom is 0.220 e. The van der Waals surface area contributed by atoms with Crippen LogP contribution < -0.4 is 10.2 Å². The third-order valence-electron chi connectivity index (χ3n) is 4.06. The lowest BCUT2D eigenvalue weighted by Gasteiger charge is -2.28. The van der Waals surface area contributed by atoms with E-state index in [1.54, 1.807) is 0 Å². The third-order valence-corrected chi connectivity index (χ3v) is 4.06. The van der Waals surface area contributed by atoms with Crippen molar-refractivity contribution in [2.75, 3.05) is 37.7 Å². The van der Waals surface area contributed by atoms with Crippen LogP contribution in [0.5, 0.6) is 0 Å². The number of anilines is 1. The number of aryl methyl sites for hydroxylation is 1. The second-order valence-electron chi connectivity index (χ2n) is 5.82. The molecule has 1 aromatic carbocycles. The van der Waals surface area contributed by atoms with Crippen molar-refractivity contribution >= 4 is 11.6 Å². The Labute approximate surface area is 133 Å². The molecule has 1 aliphatic rings. The summed E-state index contributed by atoms with van der Waals surface area (Å²) in [5.41, 5.74) is 2.47. The van der Waals surface area contributed by atoms with Crippen molar-refractivity contribution in [3.05, 3.63) is 29.8 Å². The summed E-state index contributed by atoms with van der Waals surface area (Å²) in [6.07, 6.45) is 4.83. The molecule has 0 atom stereocenters. The van der Waals surface area contributed by atoms with E-state index in [0.29, 0.717) is 6.42 Å². The van der Waals surface area contributed by atoms with Gasteiger partial charge in [-0.2, -0.15) is 0 Å². The quantitative estimate of drug-likeness (QED) is 0.751. The predicted octanol–water partition coefficient (Wildman–Crippen LogP) is 2.76. The molecule has 1 aromatic rings. The van der Waals surface area contributed by atoms with Gasteiger partial charge in [0.05, 0.1) is 13.2 Å². The Balaban J connectivity index is 1.70. The molecular weight excluding hydrogens is 276 g/mol. The zero-order chi connectivity index (χ0) is 15.6. The Hall–Kier alpha value is -1.55. The van der Waals surface area contributed by atoms with E-state index in [-0.39, 0.29) is 5.91 Å². The lowest BCUT2D eigenvalue weighted by molar-refractivity contribution is -0.121. The summed E-state index contributed by atoms with van der Waals surface area (Å²) in [7, 11) is 0. The molecule has 2 rings (SSSR count). The van der Waals surface area contributed by atoms with Crippen LogP contribution in [0.15, 0.2) is 24.3 Å². The first-order valence-electron chi connectivity index (χ1n) is 8.48. The average Bonchev–Trinajstić information content (AvgIpc) is 2.58. The number of benzene rings is 1. The molecule has 0 bridgehead atoms. The molecule has 0 spiro atoms. The van der Waals surface area contributed by atoms with Crippen molar-refractivity contribution in [3.63, 3.8) is 0 Å². The van der Waals surface area contributed by atoms with Crippen LogP contribution in [0.4, 0.5) is 5.69 Å². The third kappa shape index (κ3) is 5.68. The largest absolute Gasteiger partial charge is 0.378 e. The van der Waals surface area contributed by atoms with Gasteiger partial charge in [-0.1, -0.05) is 31.9 Å². The Morgan fingerprint density at radius 1 is 1.18 bits per heavy atom. The van der Waals surface area contributed by atoms with E-state index in [4.69, 9.17) is 4.74 Å². The molecule has 4 heteroatoms. The highest BCUT2D eigenvalue weighted by Gasteiger charge is 2.10. The Bertz CT molecular complexity index is 439. The zero-order valence-electron chi connectivity index (χ0n) is 13.6. The monoisotopic (exact) mass is 304 g/mol. The molecule has 0 unspecified atom stereocenters.